The number of carbonyl (C=O) groups excluding carboxylic acids is 1. The van der Waals surface area contributed by atoms with Crippen LogP contribution in [0, 0.1) is 0 Å². The number of rotatable bonds is 3. The molecule has 0 spiro atoms. The Morgan fingerprint density at radius 2 is 2.39 bits per heavy atom. The van der Waals surface area contributed by atoms with Crippen LogP contribution in [0.1, 0.15) is 18.4 Å². The predicted octanol–water partition coefficient (Wildman–Crippen LogP) is 1.51. The Labute approximate surface area is 112 Å². The maximum absolute atomic E-state index is 11.8. The third-order valence-corrected chi connectivity index (χ3v) is 3.66. The molecule has 4 nitrogen and oxygen atoms in total. The Bertz CT molecular complexity index is 450. The molecule has 1 aliphatic heterocycles. The number of hydrogen-bond donors (Lipinski definition) is 2. The van der Waals surface area contributed by atoms with Gasteiger partial charge in [0, 0.05) is 20.1 Å². The fourth-order valence-corrected chi connectivity index (χ4v) is 2.72. The molecule has 1 unspecified atom stereocenters. The van der Waals surface area contributed by atoms with Gasteiger partial charge in [0.15, 0.2) is 0 Å². The zero-order valence-electron chi connectivity index (χ0n) is 10.4. The Kier molecular flexibility index (Phi) is 4.09. The van der Waals surface area contributed by atoms with Crippen molar-refractivity contribution < 1.29 is 4.79 Å². The first-order valence-corrected chi connectivity index (χ1v) is 6.52. The van der Waals surface area contributed by atoms with Crippen molar-refractivity contribution in [3.8, 4) is 0 Å². The lowest BCUT2D eigenvalue weighted by Gasteiger charge is -2.26. The molecule has 0 saturated carbocycles. The molecular weight excluding hydrogens is 250 g/mol. The van der Waals surface area contributed by atoms with Crippen LogP contribution in [0.2, 0.25) is 5.02 Å². The van der Waals surface area contributed by atoms with Crippen LogP contribution >= 0.6 is 11.6 Å². The maximum atomic E-state index is 11.8. The summed E-state index contributed by atoms with van der Waals surface area (Å²) in [5.74, 6) is 0.0477. The number of amides is 1. The second-order valence-electron chi connectivity index (χ2n) is 4.46. The summed E-state index contributed by atoms with van der Waals surface area (Å²) in [6, 6.07) is 5.67. The molecule has 1 aliphatic rings. The Hall–Kier alpha value is -1.26. The van der Waals surface area contributed by atoms with Crippen LogP contribution in [-0.4, -0.2) is 25.5 Å². The van der Waals surface area contributed by atoms with Crippen molar-refractivity contribution in [2.75, 3.05) is 18.5 Å². The predicted molar refractivity (Wildman–Crippen MR) is 73.8 cm³/mol. The normalized spacial score (nSPS) is 19.1. The second-order valence-corrected chi connectivity index (χ2v) is 4.86. The third-order valence-electron chi connectivity index (χ3n) is 3.36. The minimum Gasteiger partial charge on any atom is -0.358 e. The van der Waals surface area contributed by atoms with E-state index >= 15 is 0 Å². The molecule has 5 heteroatoms. The molecule has 98 valence electrons. The molecule has 0 bridgehead atoms. The molecule has 3 N–H and O–H groups in total. The Balaban J connectivity index is 2.27. The Morgan fingerprint density at radius 1 is 1.61 bits per heavy atom. The van der Waals surface area contributed by atoms with E-state index < -0.39 is 0 Å². The van der Waals surface area contributed by atoms with Gasteiger partial charge in [0.05, 0.1) is 10.7 Å². The average Bonchev–Trinajstić information content (AvgIpc) is 2.86. The zero-order chi connectivity index (χ0) is 13.1. The lowest BCUT2D eigenvalue weighted by Crippen LogP contribution is -2.42. The quantitative estimate of drug-likeness (QED) is 0.873. The van der Waals surface area contributed by atoms with E-state index in [0.29, 0.717) is 11.6 Å². The minimum atomic E-state index is -0.115. The van der Waals surface area contributed by atoms with Gasteiger partial charge in [-0.3, -0.25) is 4.79 Å². The van der Waals surface area contributed by atoms with Crippen molar-refractivity contribution in [2.45, 2.75) is 25.4 Å². The van der Waals surface area contributed by atoms with Gasteiger partial charge in [-0.15, -0.1) is 0 Å². The molecule has 0 aromatic heterocycles. The maximum Gasteiger partial charge on any atom is 0.242 e. The standard InChI is InChI=1S/C13H18ClN3O/c1-16-13(18)12-3-2-6-17(12)11-5-4-9(8-15)7-10(11)14/h4-5,7,12H,2-3,6,8,15H2,1H3,(H,16,18). The fraction of sp³-hybridized carbons (Fsp3) is 0.462. The lowest BCUT2D eigenvalue weighted by atomic mass is 10.1. The summed E-state index contributed by atoms with van der Waals surface area (Å²) in [7, 11) is 1.66. The highest BCUT2D eigenvalue weighted by molar-refractivity contribution is 6.33. The summed E-state index contributed by atoms with van der Waals surface area (Å²) >= 11 is 6.27. The molecule has 1 fully saturated rings. The number of anilines is 1. The smallest absolute Gasteiger partial charge is 0.242 e. The summed E-state index contributed by atoms with van der Waals surface area (Å²) in [5.41, 5.74) is 7.50. The van der Waals surface area contributed by atoms with Crippen molar-refractivity contribution in [1.82, 2.24) is 5.32 Å². The van der Waals surface area contributed by atoms with Crippen molar-refractivity contribution in [1.29, 1.82) is 0 Å². The van der Waals surface area contributed by atoms with E-state index in [9.17, 15) is 4.79 Å². The number of hydrogen-bond acceptors (Lipinski definition) is 3. The van der Waals surface area contributed by atoms with Crippen LogP contribution < -0.4 is 16.0 Å². The van der Waals surface area contributed by atoms with Gasteiger partial charge in [-0.1, -0.05) is 17.7 Å². The van der Waals surface area contributed by atoms with E-state index in [1.165, 1.54) is 0 Å². The van der Waals surface area contributed by atoms with Crippen LogP contribution in [0.3, 0.4) is 0 Å². The number of halogens is 1. The molecule has 1 heterocycles. The molecule has 0 aliphatic carbocycles. The van der Waals surface area contributed by atoms with E-state index in [2.05, 4.69) is 10.2 Å². The largest absolute Gasteiger partial charge is 0.358 e. The van der Waals surface area contributed by atoms with Gasteiger partial charge >= 0.3 is 0 Å². The lowest BCUT2D eigenvalue weighted by molar-refractivity contribution is -0.121. The third kappa shape index (κ3) is 2.44. The molecule has 1 aromatic rings. The van der Waals surface area contributed by atoms with Gasteiger partial charge in [0.2, 0.25) is 5.91 Å². The molecule has 0 radical (unpaired) electrons. The van der Waals surface area contributed by atoms with Gasteiger partial charge in [0.25, 0.3) is 0 Å². The van der Waals surface area contributed by atoms with Crippen molar-refractivity contribution in [2.24, 2.45) is 5.73 Å². The fourth-order valence-electron chi connectivity index (χ4n) is 2.40. The van der Waals surface area contributed by atoms with Crippen LogP contribution in [0.4, 0.5) is 5.69 Å². The minimum absolute atomic E-state index is 0.0477. The van der Waals surface area contributed by atoms with Gasteiger partial charge in [-0.25, -0.2) is 0 Å². The summed E-state index contributed by atoms with van der Waals surface area (Å²) in [5, 5.41) is 3.37. The summed E-state index contributed by atoms with van der Waals surface area (Å²) in [6.45, 7) is 1.33. The first-order chi connectivity index (χ1) is 8.67. The van der Waals surface area contributed by atoms with E-state index in [-0.39, 0.29) is 11.9 Å². The highest BCUT2D eigenvalue weighted by Gasteiger charge is 2.31. The SMILES string of the molecule is CNC(=O)C1CCCN1c1ccc(CN)cc1Cl. The number of nitrogens with zero attached hydrogens (tertiary/aromatic N) is 1. The molecule has 1 saturated heterocycles. The van der Waals surface area contributed by atoms with Gasteiger partial charge < -0.3 is 16.0 Å². The number of nitrogens with one attached hydrogen (secondary N) is 1. The van der Waals surface area contributed by atoms with E-state index in [1.807, 2.05) is 18.2 Å². The van der Waals surface area contributed by atoms with Crippen molar-refractivity contribution >= 4 is 23.2 Å². The number of nitrogens with two attached hydrogens (primary N) is 1. The van der Waals surface area contributed by atoms with Crippen molar-refractivity contribution in [3.05, 3.63) is 28.8 Å². The number of carbonyl (C=O) groups is 1. The summed E-state index contributed by atoms with van der Waals surface area (Å²) in [6.07, 6.45) is 1.88. The van der Waals surface area contributed by atoms with Crippen LogP contribution in [0.5, 0.6) is 0 Å². The van der Waals surface area contributed by atoms with E-state index in [4.69, 9.17) is 17.3 Å². The summed E-state index contributed by atoms with van der Waals surface area (Å²) in [4.78, 5) is 13.9. The van der Waals surface area contributed by atoms with Crippen LogP contribution in [0.15, 0.2) is 18.2 Å². The van der Waals surface area contributed by atoms with Gasteiger partial charge in [-0.05, 0) is 30.5 Å². The highest BCUT2D eigenvalue weighted by atomic mass is 35.5. The highest BCUT2D eigenvalue weighted by Crippen LogP contribution is 2.32. The monoisotopic (exact) mass is 267 g/mol. The molecule has 1 atom stereocenters. The van der Waals surface area contributed by atoms with E-state index in [1.54, 1.807) is 7.05 Å². The zero-order valence-corrected chi connectivity index (χ0v) is 11.2. The van der Waals surface area contributed by atoms with Crippen molar-refractivity contribution in [3.63, 3.8) is 0 Å². The number of benzene rings is 1. The first kappa shape index (κ1) is 13.2. The Morgan fingerprint density at radius 3 is 3.00 bits per heavy atom. The second kappa shape index (κ2) is 5.59. The summed E-state index contributed by atoms with van der Waals surface area (Å²) < 4.78 is 0. The molecule has 18 heavy (non-hydrogen) atoms. The van der Waals surface area contributed by atoms with Crippen LogP contribution in [0.25, 0.3) is 0 Å². The topological polar surface area (TPSA) is 58.4 Å². The van der Waals surface area contributed by atoms with E-state index in [0.717, 1.165) is 30.6 Å². The van der Waals surface area contributed by atoms with Crippen LogP contribution in [-0.2, 0) is 11.3 Å². The molecule has 1 amide bonds. The molecule has 1 aromatic carbocycles. The average molecular weight is 268 g/mol. The first-order valence-electron chi connectivity index (χ1n) is 6.14. The van der Waals surface area contributed by atoms with Gasteiger partial charge in [-0.2, -0.15) is 0 Å². The van der Waals surface area contributed by atoms with Gasteiger partial charge in [0.1, 0.15) is 6.04 Å². The number of likely N-dealkylation sites (N-methyl/N-ethyl adjacent to an activating group) is 1. The molecular formula is C13H18ClN3O. The molecule has 2 rings (SSSR count).